The lowest BCUT2D eigenvalue weighted by atomic mass is 9.97. The quantitative estimate of drug-likeness (QED) is 0.223. The Labute approximate surface area is 233 Å². The maximum Gasteiger partial charge on any atom is 0.311 e. The van der Waals surface area contributed by atoms with Crippen LogP contribution in [0.5, 0.6) is 0 Å². The Hall–Kier alpha value is -1.69. The fourth-order valence-electron chi connectivity index (χ4n) is 3.86. The maximum absolute atomic E-state index is 14.4. The molecule has 3 rings (SSSR count). The van der Waals surface area contributed by atoms with Crippen molar-refractivity contribution in [3.63, 3.8) is 0 Å². The summed E-state index contributed by atoms with van der Waals surface area (Å²) in [6, 6.07) is 3.77. The molecule has 7 nitrogen and oxygen atoms in total. The third kappa shape index (κ3) is 7.48. The second-order valence-corrected chi connectivity index (χ2v) is 17.9. The molecular weight excluding hydrogens is 576 g/mol. The fourth-order valence-corrected chi connectivity index (χ4v) is 5.51. The zero-order valence-electron chi connectivity index (χ0n) is 23.6. The van der Waals surface area contributed by atoms with Gasteiger partial charge in [-0.2, -0.15) is 0 Å². The third-order valence-corrected chi connectivity index (χ3v) is 12.0. The van der Waals surface area contributed by atoms with Gasteiger partial charge in [-0.15, -0.1) is 5.10 Å². The highest BCUT2D eigenvalue weighted by Crippen LogP contribution is 2.43. The van der Waals surface area contributed by atoms with Gasteiger partial charge in [0, 0.05) is 13.0 Å². The van der Waals surface area contributed by atoms with Gasteiger partial charge in [0.25, 0.3) is 0 Å². The topological polar surface area (TPSA) is 75.5 Å². The van der Waals surface area contributed by atoms with Crippen molar-refractivity contribution in [1.82, 2.24) is 14.8 Å². The lowest BCUT2D eigenvalue weighted by molar-refractivity contribution is -0.161. The number of aromatic nitrogens is 3. The molecule has 0 bridgehead atoms. The molecule has 0 radical (unpaired) electrons. The van der Waals surface area contributed by atoms with Crippen LogP contribution in [0.25, 0.3) is 0 Å². The largest absolute Gasteiger partial charge is 0.454 e. The zero-order valence-corrected chi connectivity index (χ0v) is 26.2. The maximum atomic E-state index is 14.4. The van der Waals surface area contributed by atoms with Gasteiger partial charge in [0.05, 0.1) is 11.5 Å². The number of benzene rings is 1. The Morgan fingerprint density at radius 2 is 1.84 bits per heavy atom. The molecule has 0 saturated carbocycles. The Balaban J connectivity index is 2.09. The van der Waals surface area contributed by atoms with Gasteiger partial charge < -0.3 is 13.9 Å². The molecule has 11 heteroatoms. The molecule has 0 N–H and O–H groups in total. The number of ether oxygens (including phenoxy) is 2. The van der Waals surface area contributed by atoms with E-state index in [1.165, 1.54) is 6.07 Å². The van der Waals surface area contributed by atoms with Gasteiger partial charge in [0.2, 0.25) is 4.73 Å². The van der Waals surface area contributed by atoms with Gasteiger partial charge in [0.1, 0.15) is 0 Å². The molecule has 1 aromatic heterocycles. The van der Waals surface area contributed by atoms with Gasteiger partial charge in [0.15, 0.2) is 38.1 Å². The van der Waals surface area contributed by atoms with Crippen LogP contribution in [0.4, 0.5) is 8.78 Å². The summed E-state index contributed by atoms with van der Waals surface area (Å²) in [7, 11) is -2.40. The summed E-state index contributed by atoms with van der Waals surface area (Å²) in [5.41, 5.74) is -0.316. The number of esters is 1. The molecule has 2 heterocycles. The molecule has 0 aliphatic carbocycles. The summed E-state index contributed by atoms with van der Waals surface area (Å²) in [6.07, 6.45) is 0.890. The number of hydrogen-bond donors (Lipinski definition) is 0. The number of halogens is 3. The van der Waals surface area contributed by atoms with Gasteiger partial charge in [-0.25, -0.2) is 18.4 Å². The molecular formula is C27H40BrF2N3O4Si. The number of carbonyl (C=O) groups is 1. The first-order valence-corrected chi connectivity index (χ1v) is 16.8. The van der Waals surface area contributed by atoms with Crippen LogP contribution in [0.15, 0.2) is 22.9 Å². The summed E-state index contributed by atoms with van der Waals surface area (Å²) in [4.78, 5) is 17.7. The molecule has 38 heavy (non-hydrogen) atoms. The van der Waals surface area contributed by atoms with Crippen LogP contribution in [0.3, 0.4) is 0 Å². The van der Waals surface area contributed by atoms with Crippen molar-refractivity contribution in [2.24, 2.45) is 5.41 Å². The molecule has 1 unspecified atom stereocenters. The van der Waals surface area contributed by atoms with Crippen LogP contribution < -0.4 is 0 Å². The molecule has 1 aromatic carbocycles. The normalized spacial score (nSPS) is 18.8. The lowest BCUT2D eigenvalue weighted by Crippen LogP contribution is -2.42. The molecule has 212 valence electrons. The molecule has 3 atom stereocenters. The van der Waals surface area contributed by atoms with Crippen molar-refractivity contribution in [3.05, 3.63) is 46.0 Å². The summed E-state index contributed by atoms with van der Waals surface area (Å²) in [5, 5.41) is 4.36. The number of rotatable bonds is 8. The van der Waals surface area contributed by atoms with Crippen molar-refractivity contribution >= 4 is 30.2 Å². The Kier molecular flexibility index (Phi) is 9.59. The Morgan fingerprint density at radius 1 is 1.16 bits per heavy atom. The first-order chi connectivity index (χ1) is 17.5. The summed E-state index contributed by atoms with van der Waals surface area (Å²) < 4.78 is 49.1. The minimum atomic E-state index is -2.40. The van der Waals surface area contributed by atoms with Gasteiger partial charge in [-0.05, 0) is 91.8 Å². The highest BCUT2D eigenvalue weighted by Gasteiger charge is 2.42. The van der Waals surface area contributed by atoms with Crippen LogP contribution in [0.2, 0.25) is 18.1 Å². The van der Waals surface area contributed by atoms with E-state index >= 15 is 0 Å². The first kappa shape index (κ1) is 30.8. The lowest BCUT2D eigenvalue weighted by Gasteiger charge is -2.40. The van der Waals surface area contributed by atoms with Crippen LogP contribution in [0.1, 0.15) is 97.0 Å². The van der Waals surface area contributed by atoms with Crippen LogP contribution in [-0.4, -0.2) is 35.7 Å². The number of hydrogen-bond acceptors (Lipinski definition) is 6. The predicted molar refractivity (Wildman–Crippen MR) is 147 cm³/mol. The SMILES string of the molecule is CC(C)(C)C(=O)O[C@H](C[C@@H](O[Si](C)(C)C(C)(C)C)c1ccc(F)c(F)c1)c1nc(Br)nn1C1CCCCO1. The van der Waals surface area contributed by atoms with E-state index in [1.54, 1.807) is 25.5 Å². The van der Waals surface area contributed by atoms with Gasteiger partial charge >= 0.3 is 5.97 Å². The first-order valence-electron chi connectivity index (χ1n) is 13.1. The predicted octanol–water partition coefficient (Wildman–Crippen LogP) is 7.80. The summed E-state index contributed by atoms with van der Waals surface area (Å²) >= 11 is 3.37. The molecule has 0 amide bonds. The smallest absolute Gasteiger partial charge is 0.311 e. The summed E-state index contributed by atoms with van der Waals surface area (Å²) in [6.45, 7) is 16.4. The van der Waals surface area contributed by atoms with E-state index < -0.39 is 43.5 Å². The third-order valence-electron chi connectivity index (χ3n) is 7.20. The minimum absolute atomic E-state index is 0.136. The van der Waals surface area contributed by atoms with E-state index in [1.807, 2.05) is 0 Å². The molecule has 1 fully saturated rings. The average Bonchev–Trinajstić information content (AvgIpc) is 3.20. The van der Waals surface area contributed by atoms with E-state index in [0.29, 0.717) is 22.7 Å². The van der Waals surface area contributed by atoms with E-state index in [9.17, 15) is 13.6 Å². The van der Waals surface area contributed by atoms with Crippen molar-refractivity contribution in [2.75, 3.05) is 6.61 Å². The average molecular weight is 617 g/mol. The van der Waals surface area contributed by atoms with Crippen LogP contribution in [-0.2, 0) is 18.7 Å². The van der Waals surface area contributed by atoms with E-state index in [2.05, 4.69) is 59.9 Å². The second-order valence-electron chi connectivity index (χ2n) is 12.4. The van der Waals surface area contributed by atoms with Crippen molar-refractivity contribution in [2.45, 2.75) is 104 Å². The zero-order chi connectivity index (χ0) is 28.5. The van der Waals surface area contributed by atoms with E-state index in [-0.39, 0.29) is 17.7 Å². The molecule has 2 aromatic rings. The Morgan fingerprint density at radius 3 is 2.39 bits per heavy atom. The second kappa shape index (κ2) is 11.8. The van der Waals surface area contributed by atoms with Gasteiger partial charge in [-0.3, -0.25) is 4.79 Å². The molecule has 1 saturated heterocycles. The van der Waals surface area contributed by atoms with Crippen molar-refractivity contribution in [1.29, 1.82) is 0 Å². The highest BCUT2D eigenvalue weighted by molar-refractivity contribution is 9.10. The standard InChI is InChI=1S/C27H40BrF2N3O4Si/c1-26(2,3)24(34)36-21(23-31-25(28)32-33(23)22-11-9-10-14-35-22)16-20(37-38(7,8)27(4,5)6)17-12-13-18(29)19(30)15-17/h12-13,15,20-22H,9-11,14,16H2,1-8H3/t20-,21-,22?/m1/s1. The minimum Gasteiger partial charge on any atom is -0.454 e. The summed E-state index contributed by atoms with van der Waals surface area (Å²) in [5.74, 6) is -1.91. The van der Waals surface area contributed by atoms with E-state index in [0.717, 1.165) is 31.4 Å². The number of nitrogens with zero attached hydrogens (tertiary/aromatic N) is 3. The van der Waals surface area contributed by atoms with Crippen LogP contribution in [0, 0.1) is 17.0 Å². The molecule has 0 spiro atoms. The fraction of sp³-hybridized carbons (Fsp3) is 0.667. The van der Waals surface area contributed by atoms with Gasteiger partial charge in [-0.1, -0.05) is 26.8 Å². The van der Waals surface area contributed by atoms with Crippen LogP contribution >= 0.6 is 15.9 Å². The number of carbonyl (C=O) groups excluding carboxylic acids is 1. The molecule has 1 aliphatic rings. The molecule has 1 aliphatic heterocycles. The van der Waals surface area contributed by atoms with E-state index in [4.69, 9.17) is 13.9 Å². The van der Waals surface area contributed by atoms with Crippen molar-refractivity contribution in [3.8, 4) is 0 Å². The monoisotopic (exact) mass is 615 g/mol. The highest BCUT2D eigenvalue weighted by atomic mass is 79.9. The van der Waals surface area contributed by atoms with Crippen molar-refractivity contribution < 1.29 is 27.5 Å². The Bertz CT molecular complexity index is 1120.